The first-order valence-electron chi connectivity index (χ1n) is 9.71. The molecule has 0 heterocycles. The number of halogens is 2. The van der Waals surface area contributed by atoms with Crippen molar-refractivity contribution >= 4 is 40.5 Å². The molecular formula is C25H25Cl2NS. The van der Waals surface area contributed by atoms with Crippen molar-refractivity contribution in [3.8, 4) is 0 Å². The number of hydrogen-bond donors (Lipinski definition) is 1. The Labute approximate surface area is 188 Å². The molecule has 0 spiro atoms. The average Bonchev–Trinajstić information content (AvgIpc) is 2.73. The molecule has 0 aromatic heterocycles. The highest BCUT2D eigenvalue weighted by molar-refractivity contribution is 7.98. The van der Waals surface area contributed by atoms with E-state index >= 15 is 0 Å². The normalized spacial score (nSPS) is 12.0. The Hall–Kier alpha value is -1.71. The topological polar surface area (TPSA) is 12.0 Å². The van der Waals surface area contributed by atoms with Crippen LogP contribution < -0.4 is 5.32 Å². The maximum absolute atomic E-state index is 6.30. The van der Waals surface area contributed by atoms with Crippen LogP contribution in [-0.4, -0.2) is 13.1 Å². The molecule has 0 radical (unpaired) electrons. The second-order valence-corrected chi connectivity index (χ2v) is 8.74. The molecule has 0 atom stereocenters. The van der Waals surface area contributed by atoms with E-state index in [0.29, 0.717) is 5.02 Å². The van der Waals surface area contributed by atoms with Crippen LogP contribution in [0, 0.1) is 0 Å². The zero-order valence-electron chi connectivity index (χ0n) is 16.7. The van der Waals surface area contributed by atoms with E-state index in [1.165, 1.54) is 27.2 Å². The SMILES string of the molecule is CCNCC(C)=C(c1ccccc1)c1ccc(SCc2ccc(Cl)cc2Cl)cc1. The predicted octanol–water partition coefficient (Wildman–Crippen LogP) is 7.72. The van der Waals surface area contributed by atoms with Crippen LogP contribution in [-0.2, 0) is 5.75 Å². The van der Waals surface area contributed by atoms with Crippen molar-refractivity contribution in [1.82, 2.24) is 5.32 Å². The molecule has 29 heavy (non-hydrogen) atoms. The molecule has 3 aromatic carbocycles. The van der Waals surface area contributed by atoms with Crippen LogP contribution in [0.1, 0.15) is 30.5 Å². The van der Waals surface area contributed by atoms with Crippen molar-refractivity contribution in [3.63, 3.8) is 0 Å². The van der Waals surface area contributed by atoms with E-state index in [9.17, 15) is 0 Å². The summed E-state index contributed by atoms with van der Waals surface area (Å²) in [5.74, 6) is 0.816. The van der Waals surface area contributed by atoms with Crippen LogP contribution in [0.5, 0.6) is 0 Å². The number of nitrogens with one attached hydrogen (secondary N) is 1. The summed E-state index contributed by atoms with van der Waals surface area (Å²) in [7, 11) is 0. The van der Waals surface area contributed by atoms with E-state index in [2.05, 4.69) is 73.8 Å². The number of benzene rings is 3. The Balaban J connectivity index is 1.80. The lowest BCUT2D eigenvalue weighted by atomic mass is 9.93. The summed E-state index contributed by atoms with van der Waals surface area (Å²) in [5.41, 5.74) is 6.21. The lowest BCUT2D eigenvalue weighted by Crippen LogP contribution is -2.16. The van der Waals surface area contributed by atoms with Gasteiger partial charge in [-0.15, -0.1) is 11.8 Å². The van der Waals surface area contributed by atoms with E-state index < -0.39 is 0 Å². The minimum atomic E-state index is 0.668. The molecule has 4 heteroatoms. The van der Waals surface area contributed by atoms with E-state index in [-0.39, 0.29) is 0 Å². The van der Waals surface area contributed by atoms with Crippen LogP contribution in [0.3, 0.4) is 0 Å². The maximum atomic E-state index is 6.30. The molecule has 0 fully saturated rings. The number of rotatable bonds is 8. The monoisotopic (exact) mass is 441 g/mol. The van der Waals surface area contributed by atoms with Gasteiger partial charge in [0, 0.05) is 27.2 Å². The summed E-state index contributed by atoms with van der Waals surface area (Å²) >= 11 is 14.1. The van der Waals surface area contributed by atoms with Crippen LogP contribution in [0.4, 0.5) is 0 Å². The molecule has 3 aromatic rings. The summed E-state index contributed by atoms with van der Waals surface area (Å²) in [5, 5.41) is 4.83. The molecule has 0 aliphatic heterocycles. The molecule has 1 N–H and O–H groups in total. The first-order chi connectivity index (χ1) is 14.1. The van der Waals surface area contributed by atoms with Gasteiger partial charge < -0.3 is 5.32 Å². The van der Waals surface area contributed by atoms with Crippen LogP contribution >= 0.6 is 35.0 Å². The van der Waals surface area contributed by atoms with Gasteiger partial charge in [-0.25, -0.2) is 0 Å². The van der Waals surface area contributed by atoms with Gasteiger partial charge in [0.25, 0.3) is 0 Å². The second-order valence-electron chi connectivity index (χ2n) is 6.85. The van der Waals surface area contributed by atoms with Crippen molar-refractivity contribution in [2.75, 3.05) is 13.1 Å². The Kier molecular flexibility index (Phi) is 8.26. The van der Waals surface area contributed by atoms with Gasteiger partial charge in [0.1, 0.15) is 0 Å². The van der Waals surface area contributed by atoms with Crippen molar-refractivity contribution in [3.05, 3.63) is 105 Å². The minimum absolute atomic E-state index is 0.668. The molecule has 150 valence electrons. The quantitative estimate of drug-likeness (QED) is 0.359. The van der Waals surface area contributed by atoms with Crippen molar-refractivity contribution < 1.29 is 0 Å². The highest BCUT2D eigenvalue weighted by Gasteiger charge is 2.10. The zero-order valence-corrected chi connectivity index (χ0v) is 19.0. The third kappa shape index (κ3) is 6.13. The molecule has 0 amide bonds. The molecule has 0 saturated heterocycles. The summed E-state index contributed by atoms with van der Waals surface area (Å²) in [6.07, 6.45) is 0. The highest BCUT2D eigenvalue weighted by Crippen LogP contribution is 2.31. The van der Waals surface area contributed by atoms with Crippen molar-refractivity contribution in [2.24, 2.45) is 0 Å². The third-order valence-electron chi connectivity index (χ3n) is 4.68. The zero-order chi connectivity index (χ0) is 20.6. The van der Waals surface area contributed by atoms with Gasteiger partial charge in [-0.05, 0) is 60.0 Å². The third-order valence-corrected chi connectivity index (χ3v) is 6.33. The molecule has 0 aliphatic carbocycles. The van der Waals surface area contributed by atoms with Gasteiger partial charge in [-0.2, -0.15) is 0 Å². The molecule has 0 unspecified atom stereocenters. The molecule has 0 saturated carbocycles. The molecule has 1 nitrogen and oxygen atoms in total. The van der Waals surface area contributed by atoms with Crippen LogP contribution in [0.15, 0.2) is 83.3 Å². The largest absolute Gasteiger partial charge is 0.313 e. The fraction of sp³-hybridized carbons (Fsp3) is 0.200. The molecule has 0 aliphatic rings. The Bertz CT molecular complexity index is 966. The molecular weight excluding hydrogens is 417 g/mol. The molecule has 0 bridgehead atoms. The van der Waals surface area contributed by atoms with Gasteiger partial charge in [0.2, 0.25) is 0 Å². The lowest BCUT2D eigenvalue weighted by Gasteiger charge is -2.15. The van der Waals surface area contributed by atoms with Crippen LogP contribution in [0.25, 0.3) is 5.57 Å². The van der Waals surface area contributed by atoms with Gasteiger partial charge in [-0.1, -0.05) is 84.2 Å². The average molecular weight is 442 g/mol. The number of thioether (sulfide) groups is 1. The Morgan fingerprint density at radius 3 is 2.24 bits per heavy atom. The fourth-order valence-electron chi connectivity index (χ4n) is 3.18. The first-order valence-corrected chi connectivity index (χ1v) is 11.5. The van der Waals surface area contributed by atoms with Crippen molar-refractivity contribution in [1.29, 1.82) is 0 Å². The van der Waals surface area contributed by atoms with Crippen molar-refractivity contribution in [2.45, 2.75) is 24.5 Å². The first kappa shape index (κ1) is 22.0. The second kappa shape index (κ2) is 10.9. The van der Waals surface area contributed by atoms with Gasteiger partial charge in [0.15, 0.2) is 0 Å². The van der Waals surface area contributed by atoms with E-state index in [1.807, 2.05) is 12.1 Å². The van der Waals surface area contributed by atoms with Gasteiger partial charge in [-0.3, -0.25) is 0 Å². The van der Waals surface area contributed by atoms with Crippen LogP contribution in [0.2, 0.25) is 10.0 Å². The summed E-state index contributed by atoms with van der Waals surface area (Å²) in [4.78, 5) is 1.22. The summed E-state index contributed by atoms with van der Waals surface area (Å²) in [6, 6.07) is 25.1. The van der Waals surface area contributed by atoms with Gasteiger partial charge >= 0.3 is 0 Å². The van der Waals surface area contributed by atoms with E-state index in [1.54, 1.807) is 17.8 Å². The Morgan fingerprint density at radius 2 is 1.59 bits per heavy atom. The lowest BCUT2D eigenvalue weighted by molar-refractivity contribution is 0.777. The maximum Gasteiger partial charge on any atom is 0.0461 e. The summed E-state index contributed by atoms with van der Waals surface area (Å²) < 4.78 is 0. The number of hydrogen-bond acceptors (Lipinski definition) is 2. The van der Waals surface area contributed by atoms with E-state index in [4.69, 9.17) is 23.2 Å². The van der Waals surface area contributed by atoms with E-state index in [0.717, 1.165) is 29.4 Å². The standard InChI is InChI=1S/C25H25Cl2NS/c1-3-28-16-18(2)25(19-7-5-4-6-8-19)20-10-13-23(14-11-20)29-17-21-9-12-22(26)15-24(21)27/h4-15,28H,3,16-17H2,1-2H3. The van der Waals surface area contributed by atoms with Gasteiger partial charge in [0.05, 0.1) is 0 Å². The number of likely N-dealkylation sites (N-methyl/N-ethyl adjacent to an activating group) is 1. The fourth-order valence-corrected chi connectivity index (χ4v) is 4.64. The minimum Gasteiger partial charge on any atom is -0.313 e. The highest BCUT2D eigenvalue weighted by atomic mass is 35.5. The predicted molar refractivity (Wildman–Crippen MR) is 129 cm³/mol. The summed E-state index contributed by atoms with van der Waals surface area (Å²) in [6.45, 7) is 6.18. The Morgan fingerprint density at radius 1 is 0.897 bits per heavy atom. The molecule has 3 rings (SSSR count). The smallest absolute Gasteiger partial charge is 0.0461 e.